The Labute approximate surface area is 168 Å². The SMILES string of the molecule is COc1ccc2c(c1)O/C(=C\c1cccc(OS(=O)(=O)c3ccccc3)c1)C2=O. The zero-order valence-corrected chi connectivity index (χ0v) is 16.2. The van der Waals surface area contributed by atoms with Crippen LogP contribution in [0.1, 0.15) is 15.9 Å². The van der Waals surface area contributed by atoms with E-state index >= 15 is 0 Å². The number of hydrogen-bond acceptors (Lipinski definition) is 6. The van der Waals surface area contributed by atoms with Crippen molar-refractivity contribution in [1.82, 2.24) is 0 Å². The maximum Gasteiger partial charge on any atom is 0.339 e. The lowest BCUT2D eigenvalue weighted by Crippen LogP contribution is -2.09. The summed E-state index contributed by atoms with van der Waals surface area (Å²) in [6.07, 6.45) is 1.54. The fourth-order valence-electron chi connectivity index (χ4n) is 2.86. The first-order valence-corrected chi connectivity index (χ1v) is 10.1. The number of hydrogen-bond donors (Lipinski definition) is 0. The highest BCUT2D eigenvalue weighted by atomic mass is 32.2. The van der Waals surface area contributed by atoms with Crippen molar-refractivity contribution in [2.45, 2.75) is 4.90 Å². The monoisotopic (exact) mass is 408 g/mol. The summed E-state index contributed by atoms with van der Waals surface area (Å²) in [5.74, 6) is 1.01. The Morgan fingerprint density at radius 1 is 0.897 bits per heavy atom. The molecule has 0 bridgehead atoms. The van der Waals surface area contributed by atoms with Crippen molar-refractivity contribution in [3.8, 4) is 17.2 Å². The van der Waals surface area contributed by atoms with E-state index in [2.05, 4.69) is 0 Å². The Hall–Kier alpha value is -3.58. The Bertz CT molecular complexity index is 1210. The van der Waals surface area contributed by atoms with Gasteiger partial charge in [0.05, 0.1) is 12.7 Å². The number of carbonyl (C=O) groups is 1. The second-order valence-corrected chi connectivity index (χ2v) is 7.77. The van der Waals surface area contributed by atoms with Gasteiger partial charge in [-0.15, -0.1) is 0 Å². The number of Topliss-reactive ketones (excluding diaryl/α,β-unsaturated/α-hetero) is 1. The minimum absolute atomic E-state index is 0.0578. The minimum atomic E-state index is -3.95. The van der Waals surface area contributed by atoms with Crippen LogP contribution in [-0.2, 0) is 10.1 Å². The molecule has 3 aromatic carbocycles. The molecule has 29 heavy (non-hydrogen) atoms. The van der Waals surface area contributed by atoms with Gasteiger partial charge in [0.15, 0.2) is 5.76 Å². The van der Waals surface area contributed by atoms with E-state index in [9.17, 15) is 13.2 Å². The highest BCUT2D eigenvalue weighted by Gasteiger charge is 2.27. The van der Waals surface area contributed by atoms with Gasteiger partial charge in [-0.2, -0.15) is 8.42 Å². The summed E-state index contributed by atoms with van der Waals surface area (Å²) in [6, 6.07) is 19.2. The molecule has 0 saturated carbocycles. The number of ketones is 1. The zero-order valence-electron chi connectivity index (χ0n) is 15.4. The molecule has 0 aliphatic carbocycles. The number of methoxy groups -OCH3 is 1. The molecule has 6 nitrogen and oxygen atoms in total. The molecule has 1 heterocycles. The largest absolute Gasteiger partial charge is 0.497 e. The Morgan fingerprint density at radius 2 is 1.69 bits per heavy atom. The molecule has 146 valence electrons. The maximum atomic E-state index is 12.5. The van der Waals surface area contributed by atoms with E-state index in [1.54, 1.807) is 48.5 Å². The third kappa shape index (κ3) is 3.86. The first-order valence-electron chi connectivity index (χ1n) is 8.68. The van der Waals surface area contributed by atoms with Crippen molar-refractivity contribution >= 4 is 22.0 Å². The van der Waals surface area contributed by atoms with Crippen LogP contribution in [-0.4, -0.2) is 21.3 Å². The molecule has 0 saturated heterocycles. The predicted molar refractivity (Wildman–Crippen MR) is 107 cm³/mol. The molecule has 0 unspecified atom stereocenters. The molecule has 1 aliphatic heterocycles. The molecule has 0 amide bonds. The van der Waals surface area contributed by atoms with Crippen molar-refractivity contribution in [2.24, 2.45) is 0 Å². The fourth-order valence-corrected chi connectivity index (χ4v) is 3.81. The van der Waals surface area contributed by atoms with E-state index in [1.165, 1.54) is 37.5 Å². The summed E-state index contributed by atoms with van der Waals surface area (Å²) in [6.45, 7) is 0. The maximum absolute atomic E-state index is 12.5. The van der Waals surface area contributed by atoms with E-state index in [0.29, 0.717) is 22.6 Å². The van der Waals surface area contributed by atoms with Gasteiger partial charge in [0.1, 0.15) is 22.1 Å². The number of carbonyl (C=O) groups excluding carboxylic acids is 1. The van der Waals surface area contributed by atoms with Crippen LogP contribution in [0.25, 0.3) is 6.08 Å². The van der Waals surface area contributed by atoms with Crippen molar-refractivity contribution in [2.75, 3.05) is 7.11 Å². The number of ether oxygens (including phenoxy) is 2. The Balaban J connectivity index is 1.59. The van der Waals surface area contributed by atoms with E-state index in [-0.39, 0.29) is 22.2 Å². The first-order chi connectivity index (χ1) is 14.0. The van der Waals surface area contributed by atoms with E-state index < -0.39 is 10.1 Å². The standard InChI is InChI=1S/C22H16O6S/c1-26-16-10-11-19-20(14-16)27-21(22(19)23)13-15-6-5-7-17(12-15)28-29(24,25)18-8-3-2-4-9-18/h2-14H,1H3/b21-13-. The number of fused-ring (bicyclic) bond motifs is 1. The van der Waals surface area contributed by atoms with Crippen molar-refractivity contribution in [1.29, 1.82) is 0 Å². The summed E-state index contributed by atoms with van der Waals surface area (Å²) in [5, 5.41) is 0. The van der Waals surface area contributed by atoms with Crippen LogP contribution < -0.4 is 13.7 Å². The molecule has 7 heteroatoms. The summed E-state index contributed by atoms with van der Waals surface area (Å²) in [4.78, 5) is 12.6. The van der Waals surface area contributed by atoms with Crippen LogP contribution >= 0.6 is 0 Å². The third-order valence-corrected chi connectivity index (χ3v) is 5.53. The Kier molecular flexibility index (Phi) is 4.82. The van der Waals surface area contributed by atoms with Gasteiger partial charge in [-0.3, -0.25) is 4.79 Å². The molecule has 3 aromatic rings. The fraction of sp³-hybridized carbons (Fsp3) is 0.0455. The van der Waals surface area contributed by atoms with Crippen LogP contribution in [0.2, 0.25) is 0 Å². The van der Waals surface area contributed by atoms with Gasteiger partial charge in [-0.1, -0.05) is 30.3 Å². The van der Waals surface area contributed by atoms with Crippen LogP contribution in [0.5, 0.6) is 17.2 Å². The predicted octanol–water partition coefficient (Wildman–Crippen LogP) is 4.08. The summed E-state index contributed by atoms with van der Waals surface area (Å²) in [7, 11) is -2.42. The smallest absolute Gasteiger partial charge is 0.339 e. The average Bonchev–Trinajstić information content (AvgIpc) is 3.03. The molecule has 1 aliphatic rings. The van der Waals surface area contributed by atoms with Crippen LogP contribution in [0, 0.1) is 0 Å². The zero-order chi connectivity index (χ0) is 20.4. The van der Waals surface area contributed by atoms with Gasteiger partial charge in [0.25, 0.3) is 0 Å². The number of allylic oxidation sites excluding steroid dienone is 1. The van der Waals surface area contributed by atoms with Gasteiger partial charge < -0.3 is 13.7 Å². The molecule has 0 radical (unpaired) electrons. The molecule has 0 fully saturated rings. The molecule has 0 spiro atoms. The molecule has 0 atom stereocenters. The summed E-state index contributed by atoms with van der Waals surface area (Å²) in [5.41, 5.74) is 1.00. The van der Waals surface area contributed by atoms with Gasteiger partial charge in [0.2, 0.25) is 5.78 Å². The molecule has 0 aromatic heterocycles. The lowest BCUT2D eigenvalue weighted by molar-refractivity contribution is 0.101. The molecular formula is C22H16O6S. The van der Waals surface area contributed by atoms with Crippen LogP contribution in [0.15, 0.2) is 83.5 Å². The topological polar surface area (TPSA) is 78.9 Å². The Morgan fingerprint density at radius 3 is 2.45 bits per heavy atom. The van der Waals surface area contributed by atoms with Gasteiger partial charge in [-0.25, -0.2) is 0 Å². The molecule has 0 N–H and O–H groups in total. The second-order valence-electron chi connectivity index (χ2n) is 6.22. The quantitative estimate of drug-likeness (QED) is 0.468. The summed E-state index contributed by atoms with van der Waals surface area (Å²) >= 11 is 0. The second kappa shape index (κ2) is 7.44. The van der Waals surface area contributed by atoms with Gasteiger partial charge in [-0.05, 0) is 48.0 Å². The van der Waals surface area contributed by atoms with Gasteiger partial charge in [0, 0.05) is 6.07 Å². The number of rotatable bonds is 5. The van der Waals surface area contributed by atoms with Crippen molar-refractivity contribution in [3.05, 3.63) is 89.7 Å². The van der Waals surface area contributed by atoms with Gasteiger partial charge >= 0.3 is 10.1 Å². The third-order valence-electron chi connectivity index (χ3n) is 4.27. The molecule has 4 rings (SSSR count). The highest BCUT2D eigenvalue weighted by molar-refractivity contribution is 7.87. The normalized spacial score (nSPS) is 14.4. The average molecular weight is 408 g/mol. The highest BCUT2D eigenvalue weighted by Crippen LogP contribution is 2.35. The molecular weight excluding hydrogens is 392 g/mol. The lowest BCUT2D eigenvalue weighted by atomic mass is 10.1. The minimum Gasteiger partial charge on any atom is -0.497 e. The number of benzene rings is 3. The van der Waals surface area contributed by atoms with Crippen LogP contribution in [0.4, 0.5) is 0 Å². The van der Waals surface area contributed by atoms with Crippen molar-refractivity contribution in [3.63, 3.8) is 0 Å². The van der Waals surface area contributed by atoms with Crippen LogP contribution in [0.3, 0.4) is 0 Å². The van der Waals surface area contributed by atoms with Crippen molar-refractivity contribution < 1.29 is 26.9 Å². The van der Waals surface area contributed by atoms with E-state index in [4.69, 9.17) is 13.7 Å². The van der Waals surface area contributed by atoms with E-state index in [1.807, 2.05) is 0 Å². The lowest BCUT2D eigenvalue weighted by Gasteiger charge is -2.07. The first kappa shape index (κ1) is 18.8. The summed E-state index contributed by atoms with van der Waals surface area (Å²) < 4.78 is 40.8. The van der Waals surface area contributed by atoms with E-state index in [0.717, 1.165) is 0 Å².